The standard InChI is InChI=1S/C11H20N2O2S/c1-4-10-9-11(5-2)13(12-10)7-8-16(14,15)6-3/h9H,4-8H2,1-3H3. The van der Waals surface area contributed by atoms with Crippen LogP contribution in [0.1, 0.15) is 32.2 Å². The molecule has 0 aliphatic heterocycles. The van der Waals surface area contributed by atoms with Crippen molar-refractivity contribution < 1.29 is 8.42 Å². The first-order valence-electron chi connectivity index (χ1n) is 5.78. The molecule has 0 atom stereocenters. The van der Waals surface area contributed by atoms with E-state index in [1.807, 2.05) is 4.68 Å². The topological polar surface area (TPSA) is 52.0 Å². The second kappa shape index (κ2) is 5.48. The van der Waals surface area contributed by atoms with Crippen LogP contribution in [0.2, 0.25) is 0 Å². The Morgan fingerprint density at radius 3 is 2.44 bits per heavy atom. The number of hydrogen-bond donors (Lipinski definition) is 0. The summed E-state index contributed by atoms with van der Waals surface area (Å²) in [5, 5.41) is 4.39. The molecule has 0 spiro atoms. The third-order valence-corrected chi connectivity index (χ3v) is 4.38. The maximum atomic E-state index is 11.4. The van der Waals surface area contributed by atoms with Gasteiger partial charge in [0.2, 0.25) is 0 Å². The van der Waals surface area contributed by atoms with Crippen LogP contribution in [0.4, 0.5) is 0 Å². The minimum absolute atomic E-state index is 0.182. The summed E-state index contributed by atoms with van der Waals surface area (Å²) < 4.78 is 24.6. The van der Waals surface area contributed by atoms with Crippen molar-refractivity contribution in [2.24, 2.45) is 0 Å². The molecule has 1 aromatic heterocycles. The zero-order valence-corrected chi connectivity index (χ0v) is 11.0. The molecule has 92 valence electrons. The SMILES string of the molecule is CCc1cc(CC)n(CCS(=O)(=O)CC)n1. The predicted octanol–water partition coefficient (Wildman–Crippen LogP) is 1.44. The third kappa shape index (κ3) is 3.33. The molecule has 0 fully saturated rings. The van der Waals surface area contributed by atoms with E-state index in [1.165, 1.54) is 0 Å². The van der Waals surface area contributed by atoms with Crippen molar-refractivity contribution in [2.45, 2.75) is 40.2 Å². The van der Waals surface area contributed by atoms with Gasteiger partial charge in [0.05, 0.1) is 18.0 Å². The minimum Gasteiger partial charge on any atom is -0.268 e. The highest BCUT2D eigenvalue weighted by molar-refractivity contribution is 7.91. The molecule has 4 nitrogen and oxygen atoms in total. The highest BCUT2D eigenvalue weighted by Crippen LogP contribution is 2.07. The fraction of sp³-hybridized carbons (Fsp3) is 0.727. The van der Waals surface area contributed by atoms with Gasteiger partial charge in [0.15, 0.2) is 9.84 Å². The van der Waals surface area contributed by atoms with Crippen LogP contribution >= 0.6 is 0 Å². The molecule has 0 aromatic carbocycles. The van der Waals surface area contributed by atoms with E-state index in [-0.39, 0.29) is 11.5 Å². The Bertz CT molecular complexity index is 435. The fourth-order valence-corrected chi connectivity index (χ4v) is 2.28. The molecule has 1 rings (SSSR count). The molecule has 1 aromatic rings. The van der Waals surface area contributed by atoms with Crippen LogP contribution in [-0.2, 0) is 29.2 Å². The molecule has 0 saturated heterocycles. The second-order valence-electron chi connectivity index (χ2n) is 3.79. The minimum atomic E-state index is -2.90. The van der Waals surface area contributed by atoms with E-state index in [0.717, 1.165) is 24.2 Å². The average Bonchev–Trinajstić information content (AvgIpc) is 2.69. The summed E-state index contributed by atoms with van der Waals surface area (Å²) in [4.78, 5) is 0. The first kappa shape index (κ1) is 13.2. The van der Waals surface area contributed by atoms with Gasteiger partial charge in [0.25, 0.3) is 0 Å². The summed E-state index contributed by atoms with van der Waals surface area (Å²) in [7, 11) is -2.90. The van der Waals surface area contributed by atoms with E-state index in [1.54, 1.807) is 6.92 Å². The Kier molecular flexibility index (Phi) is 4.53. The van der Waals surface area contributed by atoms with E-state index in [9.17, 15) is 8.42 Å². The van der Waals surface area contributed by atoms with Gasteiger partial charge in [-0.05, 0) is 18.9 Å². The lowest BCUT2D eigenvalue weighted by Gasteiger charge is -2.05. The number of hydrogen-bond acceptors (Lipinski definition) is 3. The molecule has 0 N–H and O–H groups in total. The van der Waals surface area contributed by atoms with Crippen LogP contribution in [0.15, 0.2) is 6.07 Å². The smallest absolute Gasteiger partial charge is 0.151 e. The fourth-order valence-electron chi connectivity index (χ4n) is 1.54. The van der Waals surface area contributed by atoms with Crippen molar-refractivity contribution in [2.75, 3.05) is 11.5 Å². The van der Waals surface area contributed by atoms with E-state index in [4.69, 9.17) is 0 Å². The molecular weight excluding hydrogens is 224 g/mol. The first-order chi connectivity index (χ1) is 7.52. The number of rotatable bonds is 6. The van der Waals surface area contributed by atoms with Crippen LogP contribution < -0.4 is 0 Å². The quantitative estimate of drug-likeness (QED) is 0.761. The van der Waals surface area contributed by atoms with Gasteiger partial charge in [0.1, 0.15) is 0 Å². The van der Waals surface area contributed by atoms with Crippen molar-refractivity contribution >= 4 is 9.84 Å². The highest BCUT2D eigenvalue weighted by atomic mass is 32.2. The van der Waals surface area contributed by atoms with Crippen LogP contribution in [0.25, 0.3) is 0 Å². The van der Waals surface area contributed by atoms with E-state index in [0.29, 0.717) is 6.54 Å². The van der Waals surface area contributed by atoms with Gasteiger partial charge >= 0.3 is 0 Å². The Labute approximate surface area is 97.6 Å². The Hall–Kier alpha value is -0.840. The van der Waals surface area contributed by atoms with Crippen molar-refractivity contribution in [3.8, 4) is 0 Å². The number of sulfone groups is 1. The Morgan fingerprint density at radius 1 is 1.25 bits per heavy atom. The highest BCUT2D eigenvalue weighted by Gasteiger charge is 2.10. The lowest BCUT2D eigenvalue weighted by Crippen LogP contribution is -2.16. The maximum absolute atomic E-state index is 11.4. The van der Waals surface area contributed by atoms with Gasteiger partial charge in [-0.25, -0.2) is 8.42 Å². The van der Waals surface area contributed by atoms with Gasteiger partial charge in [0, 0.05) is 11.4 Å². The summed E-state index contributed by atoms with van der Waals surface area (Å²) >= 11 is 0. The van der Waals surface area contributed by atoms with Gasteiger partial charge < -0.3 is 0 Å². The zero-order valence-electron chi connectivity index (χ0n) is 10.2. The summed E-state index contributed by atoms with van der Waals surface area (Å²) in [5.41, 5.74) is 2.15. The average molecular weight is 244 g/mol. The summed E-state index contributed by atoms with van der Waals surface area (Å²) in [6.45, 7) is 6.26. The predicted molar refractivity (Wildman–Crippen MR) is 65.3 cm³/mol. The molecule has 0 radical (unpaired) electrons. The molecule has 0 aliphatic rings. The first-order valence-corrected chi connectivity index (χ1v) is 7.60. The summed E-state index contributed by atoms with van der Waals surface area (Å²) in [6.07, 6.45) is 1.78. The maximum Gasteiger partial charge on any atom is 0.151 e. The van der Waals surface area contributed by atoms with Crippen LogP contribution in [-0.4, -0.2) is 29.7 Å². The van der Waals surface area contributed by atoms with Crippen LogP contribution in [0.5, 0.6) is 0 Å². The van der Waals surface area contributed by atoms with Crippen molar-refractivity contribution in [1.82, 2.24) is 9.78 Å². The lowest BCUT2D eigenvalue weighted by molar-refractivity contribution is 0.573. The lowest BCUT2D eigenvalue weighted by atomic mass is 10.3. The van der Waals surface area contributed by atoms with E-state index >= 15 is 0 Å². The molecule has 1 heterocycles. The molecule has 0 unspecified atom stereocenters. The molecule has 16 heavy (non-hydrogen) atoms. The Balaban J connectivity index is 2.77. The number of aryl methyl sites for hydroxylation is 3. The molecule has 0 amide bonds. The van der Waals surface area contributed by atoms with E-state index < -0.39 is 9.84 Å². The van der Waals surface area contributed by atoms with Gasteiger partial charge in [-0.3, -0.25) is 4.68 Å². The second-order valence-corrected chi connectivity index (χ2v) is 6.27. The van der Waals surface area contributed by atoms with Crippen LogP contribution in [0, 0.1) is 0 Å². The van der Waals surface area contributed by atoms with Gasteiger partial charge in [-0.15, -0.1) is 0 Å². The van der Waals surface area contributed by atoms with E-state index in [2.05, 4.69) is 25.0 Å². The van der Waals surface area contributed by atoms with Crippen molar-refractivity contribution in [3.63, 3.8) is 0 Å². The van der Waals surface area contributed by atoms with Crippen molar-refractivity contribution in [3.05, 3.63) is 17.5 Å². The Morgan fingerprint density at radius 2 is 1.94 bits per heavy atom. The zero-order chi connectivity index (χ0) is 12.2. The summed E-state index contributed by atoms with van der Waals surface area (Å²) in [6, 6.07) is 2.05. The van der Waals surface area contributed by atoms with Crippen LogP contribution in [0.3, 0.4) is 0 Å². The molecule has 0 aliphatic carbocycles. The summed E-state index contributed by atoms with van der Waals surface area (Å²) in [5.74, 6) is 0.387. The molecule has 0 bridgehead atoms. The van der Waals surface area contributed by atoms with Crippen molar-refractivity contribution in [1.29, 1.82) is 0 Å². The monoisotopic (exact) mass is 244 g/mol. The molecular formula is C11H20N2O2S. The largest absolute Gasteiger partial charge is 0.268 e. The van der Waals surface area contributed by atoms with Gasteiger partial charge in [-0.2, -0.15) is 5.10 Å². The third-order valence-electron chi connectivity index (χ3n) is 2.69. The molecule has 5 heteroatoms. The normalized spacial score (nSPS) is 11.9. The molecule has 0 saturated carbocycles. The van der Waals surface area contributed by atoms with Gasteiger partial charge in [-0.1, -0.05) is 20.8 Å². The number of aromatic nitrogens is 2. The number of nitrogens with zero attached hydrogens (tertiary/aromatic N) is 2.